The first kappa shape index (κ1) is 14.5. The van der Waals surface area contributed by atoms with Gasteiger partial charge in [0.2, 0.25) is 0 Å². The molecule has 2 rings (SSSR count). The Morgan fingerprint density at radius 3 is 3.00 bits per heavy atom. The predicted molar refractivity (Wildman–Crippen MR) is 73.9 cm³/mol. The molecule has 20 heavy (non-hydrogen) atoms. The van der Waals surface area contributed by atoms with Gasteiger partial charge in [0, 0.05) is 5.75 Å². The number of nitriles is 1. The third kappa shape index (κ3) is 3.15. The maximum absolute atomic E-state index is 10.9. The fourth-order valence-corrected chi connectivity index (χ4v) is 3.11. The molecule has 0 radical (unpaired) electrons. The monoisotopic (exact) mass is 294 g/mol. The highest BCUT2D eigenvalue weighted by Crippen LogP contribution is 2.37. The normalized spacial score (nSPS) is 21.2. The van der Waals surface area contributed by atoms with Crippen LogP contribution in [0.5, 0.6) is 11.5 Å². The number of aliphatic carboxylic acids is 1. The highest BCUT2D eigenvalue weighted by Gasteiger charge is 2.30. The average molecular weight is 294 g/mol. The van der Waals surface area contributed by atoms with Crippen LogP contribution in [0.1, 0.15) is 10.9 Å². The van der Waals surface area contributed by atoms with E-state index in [2.05, 4.69) is 5.32 Å². The summed E-state index contributed by atoms with van der Waals surface area (Å²) in [6.45, 7) is -0.0484. The van der Waals surface area contributed by atoms with E-state index in [9.17, 15) is 4.79 Å². The van der Waals surface area contributed by atoms with Crippen molar-refractivity contribution in [3.8, 4) is 17.6 Å². The molecule has 0 aliphatic carbocycles. The van der Waals surface area contributed by atoms with E-state index in [1.54, 1.807) is 12.1 Å². The zero-order valence-electron chi connectivity index (χ0n) is 10.8. The van der Waals surface area contributed by atoms with Crippen LogP contribution >= 0.6 is 11.8 Å². The molecule has 106 valence electrons. The third-order valence-electron chi connectivity index (χ3n) is 2.86. The van der Waals surface area contributed by atoms with Crippen LogP contribution in [0.15, 0.2) is 18.2 Å². The molecule has 1 fully saturated rings. The number of thioether (sulfide) groups is 1. The minimum atomic E-state index is -0.846. The second-order valence-corrected chi connectivity index (χ2v) is 5.27. The lowest BCUT2D eigenvalue weighted by molar-refractivity contribution is -0.138. The van der Waals surface area contributed by atoms with Crippen LogP contribution in [0, 0.1) is 11.3 Å². The average Bonchev–Trinajstić information content (AvgIpc) is 2.95. The Morgan fingerprint density at radius 1 is 1.60 bits per heavy atom. The zero-order valence-corrected chi connectivity index (χ0v) is 11.6. The Balaban J connectivity index is 2.14. The largest absolute Gasteiger partial charge is 0.493 e. The van der Waals surface area contributed by atoms with Crippen molar-refractivity contribution < 1.29 is 19.4 Å². The molecule has 1 aromatic carbocycles. The molecule has 2 N–H and O–H groups in total. The van der Waals surface area contributed by atoms with Gasteiger partial charge in [-0.15, -0.1) is 11.8 Å². The van der Waals surface area contributed by atoms with Crippen LogP contribution in [-0.2, 0) is 4.79 Å². The molecule has 0 amide bonds. The Morgan fingerprint density at radius 2 is 2.40 bits per heavy atom. The van der Waals surface area contributed by atoms with Gasteiger partial charge in [-0.2, -0.15) is 5.26 Å². The van der Waals surface area contributed by atoms with Crippen molar-refractivity contribution >= 4 is 17.7 Å². The van der Waals surface area contributed by atoms with Crippen molar-refractivity contribution in [1.29, 1.82) is 5.26 Å². The molecule has 7 heteroatoms. The van der Waals surface area contributed by atoms with Crippen molar-refractivity contribution in [2.75, 3.05) is 19.5 Å². The van der Waals surface area contributed by atoms with Crippen LogP contribution in [0.3, 0.4) is 0 Å². The summed E-state index contributed by atoms with van der Waals surface area (Å²) in [6, 6.07) is 6.71. The number of benzene rings is 1. The number of ether oxygens (including phenoxy) is 2. The van der Waals surface area contributed by atoms with E-state index >= 15 is 0 Å². The highest BCUT2D eigenvalue weighted by molar-refractivity contribution is 7.99. The molecule has 0 bridgehead atoms. The van der Waals surface area contributed by atoms with Crippen molar-refractivity contribution in [2.45, 2.75) is 11.4 Å². The lowest BCUT2D eigenvalue weighted by Gasteiger charge is -2.14. The number of nitrogens with zero attached hydrogens (tertiary/aromatic N) is 1. The summed E-state index contributed by atoms with van der Waals surface area (Å²) in [5.41, 5.74) is 0.917. The number of rotatable bonds is 5. The van der Waals surface area contributed by atoms with Gasteiger partial charge in [-0.3, -0.25) is 10.1 Å². The number of carboxylic acid groups (broad SMARTS) is 1. The zero-order chi connectivity index (χ0) is 14.5. The molecule has 1 aliphatic rings. The maximum atomic E-state index is 10.9. The van der Waals surface area contributed by atoms with E-state index in [1.165, 1.54) is 18.9 Å². The Kier molecular flexibility index (Phi) is 4.71. The Labute approximate surface area is 120 Å². The first-order chi connectivity index (χ1) is 9.65. The summed E-state index contributed by atoms with van der Waals surface area (Å²) < 4.78 is 10.5. The van der Waals surface area contributed by atoms with Gasteiger partial charge in [0.25, 0.3) is 0 Å². The van der Waals surface area contributed by atoms with E-state index in [0.29, 0.717) is 17.3 Å². The van der Waals surface area contributed by atoms with Crippen LogP contribution < -0.4 is 14.8 Å². The quantitative estimate of drug-likeness (QED) is 0.847. The van der Waals surface area contributed by atoms with Crippen molar-refractivity contribution in [1.82, 2.24) is 5.32 Å². The van der Waals surface area contributed by atoms with E-state index in [1.807, 2.05) is 12.1 Å². The van der Waals surface area contributed by atoms with E-state index in [0.717, 1.165) is 5.56 Å². The van der Waals surface area contributed by atoms with Gasteiger partial charge in [0.15, 0.2) is 18.1 Å². The standard InChI is InChI=1S/C13H14N2O4S/c1-18-11-6-8(2-3-10(11)19-5-4-14)12-15-9(7-20-12)13(16)17/h2-3,6,9,12,15H,5,7H2,1H3,(H,16,17)/t9-,12-/m1/s1. The minimum Gasteiger partial charge on any atom is -0.493 e. The summed E-state index contributed by atoms with van der Waals surface area (Å²) in [7, 11) is 1.52. The lowest BCUT2D eigenvalue weighted by atomic mass is 10.2. The fraction of sp³-hybridized carbons (Fsp3) is 0.385. The van der Waals surface area contributed by atoms with Gasteiger partial charge >= 0.3 is 5.97 Å². The molecular formula is C13H14N2O4S. The number of carboxylic acids is 1. The summed E-state index contributed by atoms with van der Waals surface area (Å²) >= 11 is 1.53. The van der Waals surface area contributed by atoms with E-state index < -0.39 is 12.0 Å². The summed E-state index contributed by atoms with van der Waals surface area (Å²) in [6.07, 6.45) is 0. The molecule has 1 heterocycles. The highest BCUT2D eigenvalue weighted by atomic mass is 32.2. The van der Waals surface area contributed by atoms with Gasteiger partial charge < -0.3 is 14.6 Å². The maximum Gasteiger partial charge on any atom is 0.321 e. The predicted octanol–water partition coefficient (Wildman–Crippen LogP) is 1.39. The summed E-state index contributed by atoms with van der Waals surface area (Å²) in [5.74, 6) is 0.699. The Hall–Kier alpha value is -1.91. The molecule has 0 aromatic heterocycles. The molecule has 0 spiro atoms. The smallest absolute Gasteiger partial charge is 0.321 e. The first-order valence-electron chi connectivity index (χ1n) is 5.94. The molecule has 1 saturated heterocycles. The molecular weight excluding hydrogens is 280 g/mol. The van der Waals surface area contributed by atoms with Crippen molar-refractivity contribution in [2.24, 2.45) is 0 Å². The number of hydrogen-bond donors (Lipinski definition) is 2. The second-order valence-electron chi connectivity index (χ2n) is 4.13. The number of methoxy groups -OCH3 is 1. The summed E-state index contributed by atoms with van der Waals surface area (Å²) in [4.78, 5) is 10.9. The topological polar surface area (TPSA) is 91.6 Å². The lowest BCUT2D eigenvalue weighted by Crippen LogP contribution is -2.33. The van der Waals surface area contributed by atoms with Crippen LogP contribution in [-0.4, -0.2) is 36.6 Å². The minimum absolute atomic E-state index is 0.0484. The summed E-state index contributed by atoms with van der Waals surface area (Å²) in [5, 5.41) is 20.4. The molecule has 6 nitrogen and oxygen atoms in total. The van der Waals surface area contributed by atoms with Crippen LogP contribution in [0.2, 0.25) is 0 Å². The SMILES string of the molecule is COc1cc([C@@H]2N[C@@H](C(=O)O)CS2)ccc1OCC#N. The van der Waals surface area contributed by atoms with Gasteiger partial charge in [-0.05, 0) is 17.7 Å². The van der Waals surface area contributed by atoms with Crippen molar-refractivity contribution in [3.05, 3.63) is 23.8 Å². The van der Waals surface area contributed by atoms with Gasteiger partial charge in [0.1, 0.15) is 12.1 Å². The van der Waals surface area contributed by atoms with Gasteiger partial charge in [-0.25, -0.2) is 0 Å². The molecule has 0 saturated carbocycles. The number of hydrogen-bond acceptors (Lipinski definition) is 6. The van der Waals surface area contributed by atoms with Gasteiger partial charge in [-0.1, -0.05) is 6.07 Å². The molecule has 1 aromatic rings. The Bertz CT molecular complexity index is 544. The fourth-order valence-electron chi connectivity index (χ4n) is 1.88. The third-order valence-corrected chi connectivity index (χ3v) is 4.13. The van der Waals surface area contributed by atoms with Crippen LogP contribution in [0.25, 0.3) is 0 Å². The van der Waals surface area contributed by atoms with E-state index in [4.69, 9.17) is 19.8 Å². The second kappa shape index (κ2) is 6.50. The first-order valence-corrected chi connectivity index (χ1v) is 6.98. The van der Waals surface area contributed by atoms with Gasteiger partial charge in [0.05, 0.1) is 12.5 Å². The number of nitrogens with one attached hydrogen (secondary N) is 1. The molecule has 1 aliphatic heterocycles. The van der Waals surface area contributed by atoms with E-state index in [-0.39, 0.29) is 12.0 Å². The molecule has 2 atom stereocenters. The van der Waals surface area contributed by atoms with Crippen molar-refractivity contribution in [3.63, 3.8) is 0 Å². The number of carbonyl (C=O) groups is 1. The van der Waals surface area contributed by atoms with Crippen LogP contribution in [0.4, 0.5) is 0 Å². The molecule has 0 unspecified atom stereocenters.